The summed E-state index contributed by atoms with van der Waals surface area (Å²) in [5.74, 6) is 0. The van der Waals surface area contributed by atoms with Gasteiger partial charge in [0.2, 0.25) is 0 Å². The van der Waals surface area contributed by atoms with E-state index >= 15 is 0 Å². The van der Waals surface area contributed by atoms with Gasteiger partial charge in [0.25, 0.3) is 0 Å². The summed E-state index contributed by atoms with van der Waals surface area (Å²) in [5, 5.41) is 23.4. The highest BCUT2D eigenvalue weighted by atomic mass is 16.3. The van der Waals surface area contributed by atoms with Crippen LogP contribution in [0.25, 0.3) is 0 Å². The summed E-state index contributed by atoms with van der Waals surface area (Å²) in [6, 6.07) is 0. The minimum Gasteiger partial charge on any atom is -0.390 e. The molecule has 0 aliphatic rings. The van der Waals surface area contributed by atoms with Gasteiger partial charge in [-0.05, 0) is 12.8 Å². The molecular formula is C12H26N2O3. The summed E-state index contributed by atoms with van der Waals surface area (Å²) in [6.45, 7) is 5.84. The molecule has 5 heteroatoms. The number of hydrogen-bond donors (Lipinski definition) is 3. The molecule has 1 atom stereocenters. The molecule has 0 saturated heterocycles. The van der Waals surface area contributed by atoms with Crippen molar-refractivity contribution in [3.63, 3.8) is 0 Å². The van der Waals surface area contributed by atoms with E-state index in [1.165, 1.54) is 0 Å². The molecule has 0 bridgehead atoms. The quantitative estimate of drug-likeness (QED) is 0.340. The predicted octanol–water partition coefficient (Wildman–Crippen LogP) is 1.09. The Bertz CT molecular complexity index is 210. The average molecular weight is 246 g/mol. The Morgan fingerprint density at radius 1 is 1.35 bits per heavy atom. The van der Waals surface area contributed by atoms with Crippen LogP contribution in [-0.2, 0) is 4.79 Å². The van der Waals surface area contributed by atoms with Crippen LogP contribution in [0.4, 0.5) is 0 Å². The molecule has 0 spiro atoms. The first-order chi connectivity index (χ1) is 8.14. The van der Waals surface area contributed by atoms with Crippen molar-refractivity contribution in [3.05, 3.63) is 0 Å². The van der Waals surface area contributed by atoms with E-state index < -0.39 is 5.60 Å². The molecular weight excluding hydrogens is 220 g/mol. The van der Waals surface area contributed by atoms with E-state index in [1.807, 2.05) is 13.7 Å². The molecule has 0 aromatic rings. The molecule has 0 radical (unpaired) electrons. The predicted molar refractivity (Wildman–Crippen MR) is 70.1 cm³/mol. The molecule has 0 rings (SSSR count). The maximum Gasteiger partial charge on any atom is 0.106 e. The summed E-state index contributed by atoms with van der Waals surface area (Å²) in [6.07, 6.45) is 4.43. The summed E-state index contributed by atoms with van der Waals surface area (Å²) >= 11 is 0. The van der Waals surface area contributed by atoms with E-state index in [0.29, 0.717) is 18.6 Å². The van der Waals surface area contributed by atoms with Crippen LogP contribution in [0.3, 0.4) is 0 Å². The van der Waals surface area contributed by atoms with Crippen molar-refractivity contribution in [2.24, 2.45) is 5.10 Å². The number of aliphatic hydroxyl groups is 2. The fraction of sp³-hybridized carbons (Fsp3) is 0.833. The topological polar surface area (TPSA) is 81.9 Å². The highest BCUT2D eigenvalue weighted by molar-refractivity contribution is 5.93. The van der Waals surface area contributed by atoms with Gasteiger partial charge in [0, 0.05) is 7.05 Å². The van der Waals surface area contributed by atoms with Gasteiger partial charge in [-0.3, -0.25) is 0 Å². The number of hydrogen-bond acceptors (Lipinski definition) is 5. The number of hydrazone groups is 1. The van der Waals surface area contributed by atoms with E-state index in [4.69, 9.17) is 9.90 Å². The Hall–Kier alpha value is -0.940. The summed E-state index contributed by atoms with van der Waals surface area (Å²) in [4.78, 5) is 8.00. The zero-order valence-corrected chi connectivity index (χ0v) is 11.2. The van der Waals surface area contributed by atoms with Crippen LogP contribution in [0.1, 0.15) is 46.0 Å². The molecule has 0 aromatic carbocycles. The van der Waals surface area contributed by atoms with Crippen molar-refractivity contribution in [1.82, 2.24) is 5.43 Å². The lowest BCUT2D eigenvalue weighted by Crippen LogP contribution is -2.41. The number of carbonyl (C=O) groups excluding carboxylic acids is 1. The summed E-state index contributed by atoms with van der Waals surface area (Å²) in [5.41, 5.74) is 2.10. The van der Waals surface area contributed by atoms with Gasteiger partial charge < -0.3 is 20.4 Å². The van der Waals surface area contributed by atoms with Crippen molar-refractivity contribution in [1.29, 1.82) is 0 Å². The molecule has 0 aliphatic carbocycles. The highest BCUT2D eigenvalue weighted by Gasteiger charge is 2.30. The van der Waals surface area contributed by atoms with Gasteiger partial charge in [-0.1, -0.05) is 33.1 Å². The molecule has 0 amide bonds. The molecule has 17 heavy (non-hydrogen) atoms. The number of nitrogens with one attached hydrogen (secondary N) is 1. The Morgan fingerprint density at radius 3 is 2.29 bits per heavy atom. The van der Waals surface area contributed by atoms with E-state index in [9.17, 15) is 5.11 Å². The normalized spacial score (nSPS) is 14.5. The number of carbonyl (C=O) groups is 1. The van der Waals surface area contributed by atoms with E-state index in [-0.39, 0.29) is 6.61 Å². The first kappa shape index (κ1) is 18.4. The first-order valence-corrected chi connectivity index (χ1v) is 6.00. The Morgan fingerprint density at radius 2 is 1.94 bits per heavy atom. The number of rotatable bonds is 8. The fourth-order valence-corrected chi connectivity index (χ4v) is 1.61. The third-order valence-corrected chi connectivity index (χ3v) is 2.71. The zero-order chi connectivity index (χ0) is 13.7. The van der Waals surface area contributed by atoms with Gasteiger partial charge in [-0.2, -0.15) is 5.10 Å². The number of nitrogens with zero attached hydrogens (tertiary/aromatic N) is 1. The van der Waals surface area contributed by atoms with Crippen molar-refractivity contribution in [3.8, 4) is 0 Å². The minimum absolute atomic E-state index is 0.197. The van der Waals surface area contributed by atoms with Gasteiger partial charge in [0.05, 0.1) is 12.3 Å². The van der Waals surface area contributed by atoms with Gasteiger partial charge in [0.1, 0.15) is 12.4 Å². The number of unbranched alkanes of at least 4 members (excludes halogenated alkanes) is 2. The lowest BCUT2D eigenvalue weighted by molar-refractivity contribution is -0.0979. The lowest BCUT2D eigenvalue weighted by Gasteiger charge is -2.27. The maximum atomic E-state index is 10.3. The molecule has 0 fully saturated rings. The van der Waals surface area contributed by atoms with Crippen LogP contribution < -0.4 is 5.43 Å². The minimum atomic E-state index is -0.951. The van der Waals surface area contributed by atoms with Crippen LogP contribution >= 0.6 is 0 Å². The van der Waals surface area contributed by atoms with Crippen LogP contribution in [0.2, 0.25) is 0 Å². The lowest BCUT2D eigenvalue weighted by atomic mass is 9.88. The second-order valence-electron chi connectivity index (χ2n) is 3.78. The van der Waals surface area contributed by atoms with Gasteiger partial charge in [-0.25, -0.2) is 0 Å². The molecule has 0 aromatic heterocycles. The van der Waals surface area contributed by atoms with Crippen molar-refractivity contribution < 1.29 is 15.0 Å². The smallest absolute Gasteiger partial charge is 0.106 e. The molecule has 0 aliphatic heterocycles. The van der Waals surface area contributed by atoms with Crippen molar-refractivity contribution >= 4 is 12.5 Å². The second kappa shape index (κ2) is 11.5. The molecule has 1 unspecified atom stereocenters. The standard InChI is InChI=1S/C11H24N2O2.CH2O/c1-4-6-7-8-11(15,5-2)10(9-14)13-12-3;1-2/h12,14-15H,4-9H2,1-3H3;1H2/b13-10+;. The average Bonchev–Trinajstić information content (AvgIpc) is 2.38. The van der Waals surface area contributed by atoms with E-state index in [1.54, 1.807) is 7.05 Å². The highest BCUT2D eigenvalue weighted by Crippen LogP contribution is 2.21. The second-order valence-corrected chi connectivity index (χ2v) is 3.78. The van der Waals surface area contributed by atoms with Gasteiger partial charge in [-0.15, -0.1) is 0 Å². The summed E-state index contributed by atoms with van der Waals surface area (Å²) < 4.78 is 0. The van der Waals surface area contributed by atoms with Crippen LogP contribution in [0.5, 0.6) is 0 Å². The maximum absolute atomic E-state index is 10.3. The van der Waals surface area contributed by atoms with Crippen LogP contribution in [0.15, 0.2) is 5.10 Å². The number of aliphatic hydroxyl groups excluding tert-OH is 1. The largest absolute Gasteiger partial charge is 0.390 e. The third kappa shape index (κ3) is 7.07. The molecule has 5 nitrogen and oxygen atoms in total. The Labute approximate surface area is 104 Å². The fourth-order valence-electron chi connectivity index (χ4n) is 1.61. The third-order valence-electron chi connectivity index (χ3n) is 2.71. The molecule has 0 heterocycles. The monoisotopic (exact) mass is 246 g/mol. The Kier molecular flexibility index (Phi) is 12.5. The van der Waals surface area contributed by atoms with Gasteiger partial charge in [0.15, 0.2) is 0 Å². The first-order valence-electron chi connectivity index (χ1n) is 6.00. The molecule has 0 saturated carbocycles. The summed E-state index contributed by atoms with van der Waals surface area (Å²) in [7, 11) is 1.66. The van der Waals surface area contributed by atoms with Gasteiger partial charge >= 0.3 is 0 Å². The zero-order valence-electron chi connectivity index (χ0n) is 11.2. The van der Waals surface area contributed by atoms with Crippen molar-refractivity contribution in [2.45, 2.75) is 51.6 Å². The Balaban J connectivity index is 0. The van der Waals surface area contributed by atoms with Crippen LogP contribution in [-0.4, -0.2) is 42.0 Å². The molecule has 102 valence electrons. The molecule has 3 N–H and O–H groups in total. The SMILES string of the molecule is C=O.CCCCCC(O)(CC)/C(CO)=N/NC. The van der Waals surface area contributed by atoms with E-state index in [0.717, 1.165) is 19.3 Å². The van der Waals surface area contributed by atoms with Crippen molar-refractivity contribution in [2.75, 3.05) is 13.7 Å². The van der Waals surface area contributed by atoms with E-state index in [2.05, 4.69) is 17.5 Å². The van der Waals surface area contributed by atoms with Crippen LogP contribution in [0, 0.1) is 0 Å².